The molecule has 0 aliphatic rings. The average molecular weight is 219 g/mol. The first kappa shape index (κ1) is 10.8. The van der Waals surface area contributed by atoms with Crippen LogP contribution in [0.5, 0.6) is 0 Å². The minimum Gasteiger partial charge on any atom is -0.319 e. The lowest BCUT2D eigenvalue weighted by atomic mass is 10.3. The smallest absolute Gasteiger partial charge is 0.148 e. The van der Waals surface area contributed by atoms with Crippen molar-refractivity contribution >= 4 is 0 Å². The largest absolute Gasteiger partial charge is 0.319 e. The van der Waals surface area contributed by atoms with Crippen LogP contribution < -0.4 is 5.32 Å². The number of likely N-dealkylation sites (N-methyl/N-ethyl adjacent to an activating group) is 1. The van der Waals surface area contributed by atoms with E-state index in [9.17, 15) is 4.39 Å². The van der Waals surface area contributed by atoms with Crippen molar-refractivity contribution in [3.8, 4) is 5.69 Å². The van der Waals surface area contributed by atoms with Crippen LogP contribution in [0.25, 0.3) is 5.69 Å². The fourth-order valence-electron chi connectivity index (χ4n) is 1.52. The normalized spacial score (nSPS) is 10.6. The number of benzene rings is 1. The van der Waals surface area contributed by atoms with Crippen LogP contribution in [0.3, 0.4) is 0 Å². The Kier molecular flexibility index (Phi) is 3.31. The third-order valence-electron chi connectivity index (χ3n) is 2.37. The van der Waals surface area contributed by atoms with E-state index in [1.807, 2.05) is 13.1 Å². The van der Waals surface area contributed by atoms with Crippen molar-refractivity contribution in [2.45, 2.75) is 6.42 Å². The summed E-state index contributed by atoms with van der Waals surface area (Å²) >= 11 is 0. The van der Waals surface area contributed by atoms with Gasteiger partial charge in [0.05, 0.1) is 5.69 Å². The first-order chi connectivity index (χ1) is 7.81. The number of hydrogen-bond acceptors (Lipinski definition) is 2. The molecule has 3 nitrogen and oxygen atoms in total. The number of nitrogens with zero attached hydrogens (tertiary/aromatic N) is 2. The predicted octanol–water partition coefficient (Wildman–Crippen LogP) is 1.77. The number of aromatic nitrogens is 2. The van der Waals surface area contributed by atoms with Crippen molar-refractivity contribution in [2.24, 2.45) is 0 Å². The van der Waals surface area contributed by atoms with Crippen molar-refractivity contribution in [1.29, 1.82) is 0 Å². The summed E-state index contributed by atoms with van der Waals surface area (Å²) in [7, 11) is 1.90. The van der Waals surface area contributed by atoms with Crippen LogP contribution in [0.4, 0.5) is 4.39 Å². The van der Waals surface area contributed by atoms with Gasteiger partial charge in [0.15, 0.2) is 0 Å². The van der Waals surface area contributed by atoms with E-state index in [0.717, 1.165) is 18.7 Å². The van der Waals surface area contributed by atoms with Crippen LogP contribution in [0.1, 0.15) is 5.69 Å². The second-order valence-corrected chi connectivity index (χ2v) is 3.56. The van der Waals surface area contributed by atoms with Crippen molar-refractivity contribution < 1.29 is 4.39 Å². The van der Waals surface area contributed by atoms with Crippen LogP contribution in [-0.2, 0) is 6.42 Å². The Bertz CT molecular complexity index is 465. The van der Waals surface area contributed by atoms with Gasteiger partial charge in [0.2, 0.25) is 0 Å². The molecule has 2 rings (SSSR count). The highest BCUT2D eigenvalue weighted by molar-refractivity contribution is 5.32. The van der Waals surface area contributed by atoms with E-state index < -0.39 is 0 Å². The molecule has 0 saturated heterocycles. The molecule has 0 saturated carbocycles. The van der Waals surface area contributed by atoms with Gasteiger partial charge in [-0.3, -0.25) is 0 Å². The highest BCUT2D eigenvalue weighted by Gasteiger charge is 2.04. The Morgan fingerprint density at radius 3 is 2.88 bits per heavy atom. The summed E-state index contributed by atoms with van der Waals surface area (Å²) in [6.45, 7) is 0.869. The molecule has 1 N–H and O–H groups in total. The topological polar surface area (TPSA) is 29.9 Å². The Labute approximate surface area is 93.9 Å². The Morgan fingerprint density at radius 1 is 1.31 bits per heavy atom. The van der Waals surface area contributed by atoms with Gasteiger partial charge >= 0.3 is 0 Å². The zero-order chi connectivity index (χ0) is 11.4. The van der Waals surface area contributed by atoms with Crippen LogP contribution in [-0.4, -0.2) is 23.4 Å². The average Bonchev–Trinajstić information content (AvgIpc) is 2.75. The zero-order valence-electron chi connectivity index (χ0n) is 9.15. The highest BCUT2D eigenvalue weighted by Crippen LogP contribution is 2.12. The zero-order valence-corrected chi connectivity index (χ0v) is 9.15. The first-order valence-corrected chi connectivity index (χ1v) is 5.25. The fraction of sp³-hybridized carbons (Fsp3) is 0.250. The lowest BCUT2D eigenvalue weighted by Gasteiger charge is -2.02. The van der Waals surface area contributed by atoms with E-state index in [1.54, 1.807) is 29.1 Å². The first-order valence-electron chi connectivity index (χ1n) is 5.25. The molecule has 16 heavy (non-hydrogen) atoms. The van der Waals surface area contributed by atoms with Crippen LogP contribution >= 0.6 is 0 Å². The van der Waals surface area contributed by atoms with E-state index in [0.29, 0.717) is 5.69 Å². The van der Waals surface area contributed by atoms with Crippen molar-refractivity contribution in [1.82, 2.24) is 15.1 Å². The Morgan fingerprint density at radius 2 is 2.12 bits per heavy atom. The SMILES string of the molecule is CNCCc1ccn(-c2ccccc2F)n1. The fourth-order valence-corrected chi connectivity index (χ4v) is 1.52. The Balaban J connectivity index is 2.22. The molecule has 0 amide bonds. The molecule has 0 atom stereocenters. The molecular formula is C12H14FN3. The number of halogens is 1. The molecular weight excluding hydrogens is 205 g/mol. The maximum atomic E-state index is 13.5. The molecule has 4 heteroatoms. The maximum Gasteiger partial charge on any atom is 0.148 e. The van der Waals surface area contributed by atoms with Crippen LogP contribution in [0.15, 0.2) is 36.5 Å². The van der Waals surface area contributed by atoms with Gasteiger partial charge in [-0.1, -0.05) is 12.1 Å². The Hall–Kier alpha value is -1.68. The molecule has 0 spiro atoms. The predicted molar refractivity (Wildman–Crippen MR) is 61.2 cm³/mol. The van der Waals surface area contributed by atoms with Gasteiger partial charge in [0, 0.05) is 19.2 Å². The van der Waals surface area contributed by atoms with Gasteiger partial charge in [0.1, 0.15) is 11.5 Å². The summed E-state index contributed by atoms with van der Waals surface area (Å²) in [6.07, 6.45) is 2.63. The molecule has 0 aliphatic heterocycles. The van der Waals surface area contributed by atoms with Gasteiger partial charge in [-0.2, -0.15) is 5.10 Å². The van der Waals surface area contributed by atoms with Crippen LogP contribution in [0.2, 0.25) is 0 Å². The minimum absolute atomic E-state index is 0.259. The van der Waals surface area contributed by atoms with Crippen molar-refractivity contribution in [3.05, 3.63) is 48.0 Å². The van der Waals surface area contributed by atoms with Gasteiger partial charge in [-0.25, -0.2) is 9.07 Å². The monoisotopic (exact) mass is 219 g/mol. The molecule has 1 aromatic carbocycles. The molecule has 1 heterocycles. The molecule has 2 aromatic rings. The summed E-state index contributed by atoms with van der Waals surface area (Å²) in [5.41, 5.74) is 1.44. The molecule has 0 radical (unpaired) electrons. The van der Waals surface area contributed by atoms with Crippen molar-refractivity contribution in [2.75, 3.05) is 13.6 Å². The van der Waals surface area contributed by atoms with E-state index >= 15 is 0 Å². The molecule has 0 bridgehead atoms. The molecule has 1 aromatic heterocycles. The molecule has 84 valence electrons. The molecule has 0 fully saturated rings. The third kappa shape index (κ3) is 2.28. The molecule has 0 unspecified atom stereocenters. The van der Waals surface area contributed by atoms with Crippen LogP contribution in [0, 0.1) is 5.82 Å². The number of para-hydroxylation sites is 1. The summed E-state index contributed by atoms with van der Waals surface area (Å²) in [5.74, 6) is -0.259. The second kappa shape index (κ2) is 4.90. The van der Waals surface area contributed by atoms with Gasteiger partial charge in [-0.05, 0) is 25.2 Å². The van der Waals surface area contributed by atoms with E-state index in [-0.39, 0.29) is 5.82 Å². The quantitative estimate of drug-likeness (QED) is 0.849. The highest BCUT2D eigenvalue weighted by atomic mass is 19.1. The van der Waals surface area contributed by atoms with E-state index in [1.165, 1.54) is 6.07 Å². The number of hydrogen-bond donors (Lipinski definition) is 1. The summed E-state index contributed by atoms with van der Waals surface area (Å²) in [4.78, 5) is 0. The maximum absolute atomic E-state index is 13.5. The number of rotatable bonds is 4. The summed E-state index contributed by atoms with van der Waals surface area (Å²) in [5, 5.41) is 7.37. The summed E-state index contributed by atoms with van der Waals surface area (Å²) < 4.78 is 15.0. The summed E-state index contributed by atoms with van der Waals surface area (Å²) in [6, 6.07) is 8.52. The third-order valence-corrected chi connectivity index (χ3v) is 2.37. The second-order valence-electron chi connectivity index (χ2n) is 3.56. The number of nitrogens with one attached hydrogen (secondary N) is 1. The lowest BCUT2D eigenvalue weighted by molar-refractivity contribution is 0.609. The van der Waals surface area contributed by atoms with Crippen molar-refractivity contribution in [3.63, 3.8) is 0 Å². The molecule has 0 aliphatic carbocycles. The van der Waals surface area contributed by atoms with Gasteiger partial charge < -0.3 is 5.32 Å². The van der Waals surface area contributed by atoms with Gasteiger partial charge in [0.25, 0.3) is 0 Å². The van der Waals surface area contributed by atoms with E-state index in [2.05, 4.69) is 10.4 Å². The standard InChI is InChI=1S/C12H14FN3/c1-14-8-6-10-7-9-16(15-10)12-5-3-2-4-11(12)13/h2-5,7,9,14H,6,8H2,1H3. The minimum atomic E-state index is -0.259. The lowest BCUT2D eigenvalue weighted by Crippen LogP contribution is -2.11. The van der Waals surface area contributed by atoms with E-state index in [4.69, 9.17) is 0 Å². The van der Waals surface area contributed by atoms with Gasteiger partial charge in [-0.15, -0.1) is 0 Å².